The van der Waals surface area contributed by atoms with E-state index in [9.17, 15) is 49.0 Å². The van der Waals surface area contributed by atoms with Gasteiger partial charge in [-0.2, -0.15) is 30.5 Å². The van der Waals surface area contributed by atoms with Gasteiger partial charge in [0, 0.05) is 27.9 Å². The highest BCUT2D eigenvalue weighted by Crippen LogP contribution is 2.45. The molecule has 0 saturated heterocycles. The Bertz CT molecular complexity index is 2310. The Morgan fingerprint density at radius 1 is 0.917 bits per heavy atom. The summed E-state index contributed by atoms with van der Waals surface area (Å²) in [4.78, 5) is 9.56. The van der Waals surface area contributed by atoms with Gasteiger partial charge in [0.1, 0.15) is 25.9 Å². The lowest BCUT2D eigenvalue weighted by atomic mass is 9.98. The van der Waals surface area contributed by atoms with Gasteiger partial charge in [-0.05, 0) is 54.8 Å². The number of hydrogen-bond donors (Lipinski definition) is 5. The van der Waals surface area contributed by atoms with E-state index in [-0.39, 0.29) is 38.6 Å². The van der Waals surface area contributed by atoms with E-state index in [1.807, 2.05) is 19.9 Å². The van der Waals surface area contributed by atoms with Gasteiger partial charge in [0.05, 0.1) is 16.1 Å². The maximum absolute atomic E-state index is 12.8. The number of nitrogens with one attached hydrogen (secondary N) is 1. The summed E-state index contributed by atoms with van der Waals surface area (Å²) in [6.45, 7) is 3.99. The summed E-state index contributed by atoms with van der Waals surface area (Å²) < 4.78 is 102. The molecule has 1 unspecified atom stereocenters. The zero-order valence-electron chi connectivity index (χ0n) is 25.3. The standard InChI is InChI=1S/C29H29N5O10S4/c1-3-5-6-16(4-2)28(35)32-18-9-7-17(8-10-18)26-23(15-30)27(31)45-29(26)34-33-19-11-21-22(24(12-19)47(39,40)41)13-20(46(36,37)38)14-25(21)48(42,43)44/h7-14,16H,3-6,31H2,1-2H3,(H,32,35)(H,36,37,38)(H,39,40,41)(H,42,43,44)/b34-33+. The maximum atomic E-state index is 12.8. The third kappa shape index (κ3) is 8.04. The molecule has 0 fully saturated rings. The van der Waals surface area contributed by atoms with E-state index >= 15 is 0 Å². The topological polar surface area (TPSA) is 267 Å². The predicted octanol–water partition coefficient (Wildman–Crippen LogP) is 6.33. The molecular formula is C29H29N5O10S4. The van der Waals surface area contributed by atoms with Crippen LogP contribution in [0.5, 0.6) is 0 Å². The van der Waals surface area contributed by atoms with Gasteiger partial charge in [-0.1, -0.05) is 50.2 Å². The molecule has 254 valence electrons. The molecule has 0 spiro atoms. The second-order valence-corrected chi connectivity index (χ2v) is 15.8. The van der Waals surface area contributed by atoms with Gasteiger partial charge in [0.25, 0.3) is 30.4 Å². The first kappa shape index (κ1) is 36.5. The van der Waals surface area contributed by atoms with Crippen LogP contribution in [0, 0.1) is 17.2 Å². The number of carbonyl (C=O) groups is 1. The summed E-state index contributed by atoms with van der Waals surface area (Å²) in [7, 11) is -15.5. The van der Waals surface area contributed by atoms with Gasteiger partial charge in [-0.25, -0.2) is 0 Å². The average molecular weight is 736 g/mol. The van der Waals surface area contributed by atoms with Crippen LogP contribution < -0.4 is 11.1 Å². The number of rotatable bonds is 12. The van der Waals surface area contributed by atoms with E-state index in [1.54, 1.807) is 24.3 Å². The smallest absolute Gasteiger partial charge is 0.295 e. The molecule has 4 rings (SSSR count). The van der Waals surface area contributed by atoms with Crippen LogP contribution >= 0.6 is 11.3 Å². The monoisotopic (exact) mass is 735 g/mol. The van der Waals surface area contributed by atoms with Crippen molar-refractivity contribution in [1.82, 2.24) is 0 Å². The molecule has 1 amide bonds. The highest BCUT2D eigenvalue weighted by molar-refractivity contribution is 7.87. The van der Waals surface area contributed by atoms with Gasteiger partial charge in [-0.3, -0.25) is 18.5 Å². The van der Waals surface area contributed by atoms with Gasteiger partial charge in [0.2, 0.25) is 5.91 Å². The minimum Gasteiger partial charge on any atom is -0.389 e. The fraction of sp³-hybridized carbons (Fsp3) is 0.241. The Morgan fingerprint density at radius 3 is 2.06 bits per heavy atom. The number of nitrogens with zero attached hydrogens (tertiary/aromatic N) is 3. The average Bonchev–Trinajstić information content (AvgIpc) is 3.33. The number of fused-ring (bicyclic) bond motifs is 1. The maximum Gasteiger partial charge on any atom is 0.295 e. The number of carbonyl (C=O) groups excluding carboxylic acids is 1. The Hall–Kier alpha value is -4.29. The van der Waals surface area contributed by atoms with Crippen molar-refractivity contribution in [2.24, 2.45) is 16.1 Å². The molecule has 0 aliphatic carbocycles. The molecule has 0 bridgehead atoms. The molecule has 1 aromatic heterocycles. The molecule has 1 heterocycles. The van der Waals surface area contributed by atoms with E-state index in [2.05, 4.69) is 15.5 Å². The normalized spacial score (nSPS) is 13.1. The number of azo groups is 1. The Balaban J connectivity index is 1.82. The molecule has 0 aliphatic heterocycles. The summed E-state index contributed by atoms with van der Waals surface area (Å²) in [5.74, 6) is -0.259. The van der Waals surface area contributed by atoms with Crippen LogP contribution in [0.4, 0.5) is 21.4 Å². The van der Waals surface area contributed by atoms with Crippen LogP contribution in [-0.4, -0.2) is 44.8 Å². The Morgan fingerprint density at radius 2 is 1.52 bits per heavy atom. The third-order valence-electron chi connectivity index (χ3n) is 7.30. The molecule has 48 heavy (non-hydrogen) atoms. The van der Waals surface area contributed by atoms with E-state index in [4.69, 9.17) is 5.73 Å². The second kappa shape index (κ2) is 14.1. The van der Waals surface area contributed by atoms with E-state index in [0.717, 1.165) is 42.7 Å². The zero-order valence-corrected chi connectivity index (χ0v) is 28.5. The summed E-state index contributed by atoms with van der Waals surface area (Å²) in [6.07, 6.45) is 3.33. The lowest BCUT2D eigenvalue weighted by Gasteiger charge is -2.14. The van der Waals surface area contributed by atoms with Crippen molar-refractivity contribution < 1.29 is 43.7 Å². The van der Waals surface area contributed by atoms with Crippen LogP contribution in [0.25, 0.3) is 21.9 Å². The van der Waals surface area contributed by atoms with Gasteiger partial charge < -0.3 is 11.1 Å². The minimum absolute atomic E-state index is 0.0555. The predicted molar refractivity (Wildman–Crippen MR) is 178 cm³/mol. The summed E-state index contributed by atoms with van der Waals surface area (Å²) in [5, 5.41) is 19.7. The van der Waals surface area contributed by atoms with Crippen LogP contribution in [0.2, 0.25) is 0 Å². The number of thiophene rings is 1. The lowest BCUT2D eigenvalue weighted by molar-refractivity contribution is -0.120. The number of nitriles is 1. The zero-order chi connectivity index (χ0) is 35.6. The molecule has 4 aromatic rings. The van der Waals surface area contributed by atoms with Gasteiger partial charge >= 0.3 is 0 Å². The largest absolute Gasteiger partial charge is 0.389 e. The van der Waals surface area contributed by atoms with Crippen LogP contribution in [0.15, 0.2) is 73.4 Å². The summed E-state index contributed by atoms with van der Waals surface area (Å²) >= 11 is 0.862. The molecule has 0 saturated carbocycles. The lowest BCUT2D eigenvalue weighted by Crippen LogP contribution is -2.22. The molecule has 1 atom stereocenters. The van der Waals surface area contributed by atoms with Crippen LogP contribution in [-0.2, 0) is 35.1 Å². The highest BCUT2D eigenvalue weighted by atomic mass is 32.2. The summed E-state index contributed by atoms with van der Waals surface area (Å²) in [6, 6.07) is 11.2. The number of benzene rings is 3. The van der Waals surface area contributed by atoms with Crippen LogP contribution in [0.1, 0.15) is 45.1 Å². The number of nitrogen functional groups attached to an aromatic ring is 1. The van der Waals surface area contributed by atoms with Crippen molar-refractivity contribution in [1.29, 1.82) is 5.26 Å². The third-order valence-corrected chi connectivity index (χ3v) is 10.8. The number of unbranched alkanes of at least 4 members (excludes halogenated alkanes) is 1. The number of nitrogens with two attached hydrogens (primary N) is 1. The fourth-order valence-corrected chi connectivity index (χ4v) is 7.82. The molecule has 19 heteroatoms. The van der Waals surface area contributed by atoms with Crippen LogP contribution in [0.3, 0.4) is 0 Å². The number of hydrogen-bond acceptors (Lipinski definition) is 12. The Kier molecular flexibility index (Phi) is 10.7. The molecule has 3 aromatic carbocycles. The van der Waals surface area contributed by atoms with Crippen molar-refractivity contribution >= 4 is 79.7 Å². The number of amides is 1. The van der Waals surface area contributed by atoms with Crippen molar-refractivity contribution in [3.8, 4) is 17.2 Å². The van der Waals surface area contributed by atoms with E-state index in [1.165, 1.54) is 0 Å². The molecular weight excluding hydrogens is 707 g/mol. The SMILES string of the molecule is CCCCC(CC)C(=O)Nc1ccc(-c2c(/N=N/c3cc(S(=O)(=O)O)c4cc(S(=O)(=O)O)cc(S(=O)(=O)O)c4c3)sc(N)c2C#N)cc1. The van der Waals surface area contributed by atoms with Crippen molar-refractivity contribution in [2.75, 3.05) is 11.1 Å². The summed E-state index contributed by atoms with van der Waals surface area (Å²) in [5.41, 5.74) is 7.00. The number of anilines is 2. The minimum atomic E-state index is -5.23. The van der Waals surface area contributed by atoms with Crippen molar-refractivity contribution in [3.05, 3.63) is 54.1 Å². The molecule has 15 nitrogen and oxygen atoms in total. The first-order chi connectivity index (χ1) is 22.4. The highest BCUT2D eigenvalue weighted by Gasteiger charge is 2.26. The quantitative estimate of drug-likeness (QED) is 0.0789. The molecule has 0 aliphatic rings. The second-order valence-electron chi connectivity index (χ2n) is 10.5. The fourth-order valence-electron chi connectivity index (χ4n) is 4.91. The molecule has 0 radical (unpaired) electrons. The van der Waals surface area contributed by atoms with Crippen molar-refractivity contribution in [3.63, 3.8) is 0 Å². The van der Waals surface area contributed by atoms with E-state index < -0.39 is 55.8 Å². The first-order valence-electron chi connectivity index (χ1n) is 14.1. The first-order valence-corrected chi connectivity index (χ1v) is 19.2. The van der Waals surface area contributed by atoms with Gasteiger partial charge in [0.15, 0.2) is 0 Å². The molecule has 6 N–H and O–H groups in total. The van der Waals surface area contributed by atoms with Gasteiger partial charge in [-0.15, -0.1) is 10.2 Å². The van der Waals surface area contributed by atoms with E-state index in [0.29, 0.717) is 29.8 Å². The van der Waals surface area contributed by atoms with Crippen molar-refractivity contribution in [2.45, 2.75) is 54.2 Å². The Labute approximate surface area is 280 Å².